The van der Waals surface area contributed by atoms with Crippen LogP contribution in [0.1, 0.15) is 37.7 Å². The summed E-state index contributed by atoms with van der Waals surface area (Å²) in [7, 11) is 0. The Kier molecular flexibility index (Phi) is 5.39. The van der Waals surface area contributed by atoms with E-state index in [-0.39, 0.29) is 11.9 Å². The molecule has 25 heavy (non-hydrogen) atoms. The Balaban J connectivity index is 1.26. The minimum atomic E-state index is -0.277. The van der Waals surface area contributed by atoms with Crippen molar-refractivity contribution >= 4 is 0 Å². The molecule has 138 valence electrons. The van der Waals surface area contributed by atoms with E-state index >= 15 is 0 Å². The van der Waals surface area contributed by atoms with E-state index in [4.69, 9.17) is 9.47 Å². The number of nitrogens with one attached hydrogen (secondary N) is 1. The fourth-order valence-corrected chi connectivity index (χ4v) is 4.53. The highest BCUT2D eigenvalue weighted by molar-refractivity contribution is 5.15. The van der Waals surface area contributed by atoms with Gasteiger partial charge < -0.3 is 19.9 Å². The van der Waals surface area contributed by atoms with Gasteiger partial charge in [0.1, 0.15) is 0 Å². The predicted molar refractivity (Wildman–Crippen MR) is 96.2 cm³/mol. The van der Waals surface area contributed by atoms with Crippen LogP contribution in [0, 0.1) is 0 Å². The molecule has 0 radical (unpaired) electrons. The molecule has 5 heteroatoms. The highest BCUT2D eigenvalue weighted by Gasteiger charge is 2.40. The average Bonchev–Trinajstić information content (AvgIpc) is 3.22. The average molecular weight is 346 g/mol. The Morgan fingerprint density at radius 3 is 2.56 bits per heavy atom. The number of β-amino-alcohol motifs (C(OH)–C–C–N with tert-alkyl or cyclic N) is 1. The van der Waals surface area contributed by atoms with Gasteiger partial charge in [-0.25, -0.2) is 0 Å². The first-order valence-corrected chi connectivity index (χ1v) is 9.70. The minimum Gasteiger partial charge on any atom is -0.392 e. The van der Waals surface area contributed by atoms with Gasteiger partial charge >= 0.3 is 0 Å². The number of aliphatic hydroxyl groups excluding tert-OH is 1. The van der Waals surface area contributed by atoms with Crippen molar-refractivity contribution in [3.8, 4) is 0 Å². The standard InChI is InChI=1S/C20H30N2O3/c23-19-12-18(22(15-19)14-16-4-2-1-3-5-16)13-21-17-6-8-20(9-7-17)24-10-11-25-20/h1-5,17-19,21,23H,6-15H2/t18-,19+/m0/s1. The number of nitrogens with zero attached hydrogens (tertiary/aromatic N) is 1. The number of hydrogen-bond acceptors (Lipinski definition) is 5. The van der Waals surface area contributed by atoms with Gasteiger partial charge in [0.15, 0.2) is 5.79 Å². The van der Waals surface area contributed by atoms with Gasteiger partial charge in [0.2, 0.25) is 0 Å². The van der Waals surface area contributed by atoms with Crippen LogP contribution in [0.4, 0.5) is 0 Å². The highest BCUT2D eigenvalue weighted by Crippen LogP contribution is 2.35. The zero-order chi connectivity index (χ0) is 17.1. The maximum absolute atomic E-state index is 10.1. The van der Waals surface area contributed by atoms with Crippen molar-refractivity contribution in [1.29, 1.82) is 0 Å². The summed E-state index contributed by atoms with van der Waals surface area (Å²) < 4.78 is 11.6. The lowest BCUT2D eigenvalue weighted by Gasteiger charge is -2.36. The van der Waals surface area contributed by atoms with Crippen molar-refractivity contribution in [1.82, 2.24) is 10.2 Å². The summed E-state index contributed by atoms with van der Waals surface area (Å²) in [6, 6.07) is 11.5. The van der Waals surface area contributed by atoms with Crippen LogP contribution >= 0.6 is 0 Å². The summed E-state index contributed by atoms with van der Waals surface area (Å²) in [4.78, 5) is 2.42. The van der Waals surface area contributed by atoms with Crippen LogP contribution in [0.25, 0.3) is 0 Å². The lowest BCUT2D eigenvalue weighted by molar-refractivity contribution is -0.179. The van der Waals surface area contributed by atoms with Crippen LogP contribution in [-0.2, 0) is 16.0 Å². The van der Waals surface area contributed by atoms with Crippen LogP contribution < -0.4 is 5.32 Å². The molecule has 1 aromatic carbocycles. The third-order valence-corrected chi connectivity index (χ3v) is 5.94. The van der Waals surface area contributed by atoms with Gasteiger partial charge in [-0.15, -0.1) is 0 Å². The molecule has 1 aromatic rings. The predicted octanol–water partition coefficient (Wildman–Crippen LogP) is 1.90. The van der Waals surface area contributed by atoms with Crippen molar-refractivity contribution in [2.75, 3.05) is 26.3 Å². The molecule has 1 spiro atoms. The molecule has 3 fully saturated rings. The molecule has 3 aliphatic rings. The number of aliphatic hydroxyl groups is 1. The third kappa shape index (κ3) is 4.23. The summed E-state index contributed by atoms with van der Waals surface area (Å²) in [5.41, 5.74) is 1.32. The molecule has 4 rings (SSSR count). The van der Waals surface area contributed by atoms with E-state index in [1.165, 1.54) is 5.56 Å². The largest absolute Gasteiger partial charge is 0.392 e. The SMILES string of the molecule is O[C@@H]1C[C@@H](CNC2CCC3(CC2)OCCO3)N(Cc2ccccc2)C1. The smallest absolute Gasteiger partial charge is 0.168 e. The molecular formula is C20H30N2O3. The van der Waals surface area contributed by atoms with Gasteiger partial charge in [-0.1, -0.05) is 30.3 Å². The Bertz CT molecular complexity index is 537. The van der Waals surface area contributed by atoms with E-state index in [1.54, 1.807) is 0 Å². The van der Waals surface area contributed by atoms with Crippen molar-refractivity contribution in [3.05, 3.63) is 35.9 Å². The zero-order valence-corrected chi connectivity index (χ0v) is 14.9. The molecule has 0 amide bonds. The number of hydrogen-bond donors (Lipinski definition) is 2. The molecule has 2 atom stereocenters. The van der Waals surface area contributed by atoms with E-state index in [9.17, 15) is 5.11 Å². The zero-order valence-electron chi connectivity index (χ0n) is 14.9. The van der Waals surface area contributed by atoms with E-state index in [0.717, 1.165) is 65.0 Å². The molecule has 1 saturated carbocycles. The van der Waals surface area contributed by atoms with Gasteiger partial charge in [0.05, 0.1) is 19.3 Å². The third-order valence-electron chi connectivity index (χ3n) is 5.94. The van der Waals surface area contributed by atoms with E-state index < -0.39 is 0 Å². The first kappa shape index (κ1) is 17.4. The summed E-state index contributed by atoms with van der Waals surface area (Å²) >= 11 is 0. The van der Waals surface area contributed by atoms with Crippen LogP contribution in [0.2, 0.25) is 0 Å². The molecule has 2 aliphatic heterocycles. The maximum Gasteiger partial charge on any atom is 0.168 e. The quantitative estimate of drug-likeness (QED) is 0.853. The summed E-state index contributed by atoms with van der Waals surface area (Å²) in [6.45, 7) is 4.12. The van der Waals surface area contributed by atoms with Crippen molar-refractivity contribution in [2.45, 2.75) is 62.6 Å². The number of rotatable bonds is 5. The van der Waals surface area contributed by atoms with Gasteiger partial charge in [-0.05, 0) is 24.8 Å². The van der Waals surface area contributed by atoms with E-state index in [2.05, 4.69) is 40.5 Å². The molecule has 1 aliphatic carbocycles. The summed E-state index contributed by atoms with van der Waals surface area (Å²) in [5, 5.41) is 13.9. The van der Waals surface area contributed by atoms with Crippen molar-refractivity contribution < 1.29 is 14.6 Å². The van der Waals surface area contributed by atoms with Gasteiger partial charge in [-0.2, -0.15) is 0 Å². The molecule has 2 heterocycles. The first-order chi connectivity index (χ1) is 12.2. The topological polar surface area (TPSA) is 54.0 Å². The summed E-state index contributed by atoms with van der Waals surface area (Å²) in [6.07, 6.45) is 4.85. The lowest BCUT2D eigenvalue weighted by Crippen LogP contribution is -2.46. The Labute approximate surface area is 150 Å². The summed E-state index contributed by atoms with van der Waals surface area (Å²) in [5.74, 6) is -0.277. The number of ether oxygens (including phenoxy) is 2. The fourth-order valence-electron chi connectivity index (χ4n) is 4.53. The highest BCUT2D eigenvalue weighted by atomic mass is 16.7. The molecule has 0 unspecified atom stereocenters. The Morgan fingerprint density at radius 2 is 1.84 bits per heavy atom. The number of likely N-dealkylation sites (tertiary alicyclic amines) is 1. The van der Waals surface area contributed by atoms with Crippen molar-refractivity contribution in [2.24, 2.45) is 0 Å². The fraction of sp³-hybridized carbons (Fsp3) is 0.700. The Morgan fingerprint density at radius 1 is 1.12 bits per heavy atom. The van der Waals surface area contributed by atoms with Crippen LogP contribution in [0.5, 0.6) is 0 Å². The molecule has 2 N–H and O–H groups in total. The van der Waals surface area contributed by atoms with Crippen LogP contribution in [0.15, 0.2) is 30.3 Å². The maximum atomic E-state index is 10.1. The minimum absolute atomic E-state index is 0.203. The molecular weight excluding hydrogens is 316 g/mol. The van der Waals surface area contributed by atoms with Gasteiger partial charge in [0, 0.05) is 44.6 Å². The Hall–Kier alpha value is -0.980. The van der Waals surface area contributed by atoms with Crippen molar-refractivity contribution in [3.63, 3.8) is 0 Å². The number of benzene rings is 1. The molecule has 5 nitrogen and oxygen atoms in total. The normalized spacial score (nSPS) is 30.3. The lowest BCUT2D eigenvalue weighted by atomic mass is 9.90. The van der Waals surface area contributed by atoms with Crippen LogP contribution in [0.3, 0.4) is 0 Å². The van der Waals surface area contributed by atoms with E-state index in [0.29, 0.717) is 12.1 Å². The molecule has 2 saturated heterocycles. The molecule has 0 bridgehead atoms. The first-order valence-electron chi connectivity index (χ1n) is 9.70. The van der Waals surface area contributed by atoms with E-state index in [1.807, 2.05) is 0 Å². The van der Waals surface area contributed by atoms with Gasteiger partial charge in [-0.3, -0.25) is 4.90 Å². The second-order valence-electron chi connectivity index (χ2n) is 7.75. The second-order valence-corrected chi connectivity index (χ2v) is 7.75. The van der Waals surface area contributed by atoms with Crippen LogP contribution in [-0.4, -0.2) is 60.3 Å². The molecule has 0 aromatic heterocycles. The van der Waals surface area contributed by atoms with Gasteiger partial charge in [0.25, 0.3) is 0 Å². The monoisotopic (exact) mass is 346 g/mol. The second kappa shape index (κ2) is 7.72.